The molecule has 3 nitrogen and oxygen atoms in total. The van der Waals surface area contributed by atoms with Gasteiger partial charge in [0, 0.05) is 12.0 Å². The maximum atomic E-state index is 12.0. The third-order valence-corrected chi connectivity index (χ3v) is 3.19. The highest BCUT2D eigenvalue weighted by molar-refractivity contribution is 5.86. The molecule has 0 aliphatic rings. The lowest BCUT2D eigenvalue weighted by atomic mass is 9.93. The lowest BCUT2D eigenvalue weighted by molar-refractivity contribution is -0.120. The summed E-state index contributed by atoms with van der Waals surface area (Å²) in [5, 5.41) is 0. The molecule has 0 radical (unpaired) electrons. The van der Waals surface area contributed by atoms with Crippen LogP contribution in [0.3, 0.4) is 0 Å². The lowest BCUT2D eigenvalue weighted by Crippen LogP contribution is -2.37. The molecule has 3 heteroatoms. The van der Waals surface area contributed by atoms with E-state index >= 15 is 0 Å². The first-order valence-electron chi connectivity index (χ1n) is 6.00. The Morgan fingerprint density at radius 2 is 2.06 bits per heavy atom. The van der Waals surface area contributed by atoms with E-state index in [9.17, 15) is 4.79 Å². The molecule has 0 bridgehead atoms. The number of carbonyl (C=O) groups is 1. The van der Waals surface area contributed by atoms with Gasteiger partial charge in [-0.1, -0.05) is 38.5 Å². The predicted octanol–water partition coefficient (Wildman–Crippen LogP) is 2.18. The number of ether oxygens (including phenoxy) is 1. The van der Waals surface area contributed by atoms with Gasteiger partial charge in [-0.3, -0.25) is 4.79 Å². The molecule has 0 aromatic heterocycles. The summed E-state index contributed by atoms with van der Waals surface area (Å²) in [7, 11) is 1.61. The maximum Gasteiger partial charge on any atom is 0.154 e. The van der Waals surface area contributed by atoms with E-state index in [-0.39, 0.29) is 17.7 Å². The van der Waals surface area contributed by atoms with Gasteiger partial charge in [0.2, 0.25) is 0 Å². The van der Waals surface area contributed by atoms with Crippen molar-refractivity contribution in [3.05, 3.63) is 29.8 Å². The molecule has 0 saturated heterocycles. The number of methoxy groups -OCH3 is 1. The normalized spacial score (nSPS) is 14.1. The van der Waals surface area contributed by atoms with E-state index in [0.717, 1.165) is 17.7 Å². The first-order valence-corrected chi connectivity index (χ1v) is 6.00. The molecule has 2 N–H and O–H groups in total. The van der Waals surface area contributed by atoms with Gasteiger partial charge in [-0.05, 0) is 12.0 Å². The second kappa shape index (κ2) is 6.40. The fourth-order valence-electron chi connectivity index (χ4n) is 1.73. The molecule has 1 aromatic carbocycles. The summed E-state index contributed by atoms with van der Waals surface area (Å²) >= 11 is 0. The highest BCUT2D eigenvalue weighted by Gasteiger charge is 2.20. The van der Waals surface area contributed by atoms with Gasteiger partial charge in [0.15, 0.2) is 5.78 Å². The fraction of sp³-hybridized carbons (Fsp3) is 0.500. The number of hydrogen-bond acceptors (Lipinski definition) is 3. The van der Waals surface area contributed by atoms with Crippen LogP contribution in [-0.4, -0.2) is 18.9 Å². The van der Waals surface area contributed by atoms with Crippen LogP contribution in [0.15, 0.2) is 24.3 Å². The van der Waals surface area contributed by atoms with Crippen LogP contribution in [0.5, 0.6) is 5.75 Å². The summed E-state index contributed by atoms with van der Waals surface area (Å²) in [6.07, 6.45) is 1.26. The number of Topliss-reactive ketones (excluding diaryl/α,β-unsaturated/α-hetero) is 1. The summed E-state index contributed by atoms with van der Waals surface area (Å²) < 4.78 is 5.22. The molecule has 0 heterocycles. The van der Waals surface area contributed by atoms with Crippen molar-refractivity contribution >= 4 is 5.78 Å². The summed E-state index contributed by atoms with van der Waals surface area (Å²) in [6, 6.07) is 7.17. The van der Waals surface area contributed by atoms with Crippen molar-refractivity contribution < 1.29 is 9.53 Å². The zero-order chi connectivity index (χ0) is 12.8. The first-order chi connectivity index (χ1) is 8.10. The minimum absolute atomic E-state index is 0.0730. The van der Waals surface area contributed by atoms with Gasteiger partial charge >= 0.3 is 0 Å². The van der Waals surface area contributed by atoms with Gasteiger partial charge in [0.25, 0.3) is 0 Å². The topological polar surface area (TPSA) is 52.3 Å². The van der Waals surface area contributed by atoms with E-state index in [2.05, 4.69) is 0 Å². The van der Waals surface area contributed by atoms with Crippen LogP contribution in [0, 0.1) is 5.92 Å². The average molecular weight is 235 g/mol. The number of carbonyl (C=O) groups excluding carboxylic acids is 1. The molecule has 0 amide bonds. The van der Waals surface area contributed by atoms with Crippen molar-refractivity contribution in [2.75, 3.05) is 7.11 Å². The van der Waals surface area contributed by atoms with Crippen LogP contribution < -0.4 is 10.5 Å². The largest absolute Gasteiger partial charge is 0.496 e. The standard InChI is InChI=1S/C14H21NO2/c1-4-10(2)14(15)12(16)9-11-7-5-6-8-13(11)17-3/h5-8,10,14H,4,9,15H2,1-3H3. The van der Waals surface area contributed by atoms with Gasteiger partial charge in [0.1, 0.15) is 5.75 Å². The van der Waals surface area contributed by atoms with Gasteiger partial charge < -0.3 is 10.5 Å². The Kier molecular flexibility index (Phi) is 5.16. The SMILES string of the molecule is CCC(C)C(N)C(=O)Cc1ccccc1OC. The number of para-hydroxylation sites is 1. The second-order valence-corrected chi connectivity index (χ2v) is 4.37. The molecular formula is C14H21NO2. The lowest BCUT2D eigenvalue weighted by Gasteiger charge is -2.17. The first kappa shape index (κ1) is 13.7. The Hall–Kier alpha value is -1.35. The predicted molar refractivity (Wildman–Crippen MR) is 69.1 cm³/mol. The van der Waals surface area contributed by atoms with E-state index in [4.69, 9.17) is 10.5 Å². The van der Waals surface area contributed by atoms with Gasteiger partial charge in [0.05, 0.1) is 13.2 Å². The number of rotatable bonds is 6. The van der Waals surface area contributed by atoms with Crippen LogP contribution in [0.25, 0.3) is 0 Å². The maximum absolute atomic E-state index is 12.0. The van der Waals surface area contributed by atoms with Crippen LogP contribution in [0.4, 0.5) is 0 Å². The quantitative estimate of drug-likeness (QED) is 0.822. The monoisotopic (exact) mass is 235 g/mol. The van der Waals surface area contributed by atoms with Gasteiger partial charge in [-0.15, -0.1) is 0 Å². The zero-order valence-corrected chi connectivity index (χ0v) is 10.8. The molecule has 94 valence electrons. The average Bonchev–Trinajstić information content (AvgIpc) is 2.37. The van der Waals surface area contributed by atoms with Crippen LogP contribution >= 0.6 is 0 Å². The summed E-state index contributed by atoms with van der Waals surface area (Å²) in [6.45, 7) is 4.05. The van der Waals surface area contributed by atoms with Crippen molar-refractivity contribution in [3.8, 4) is 5.75 Å². The van der Waals surface area contributed by atoms with Crippen molar-refractivity contribution in [1.29, 1.82) is 0 Å². The van der Waals surface area contributed by atoms with Crippen molar-refractivity contribution in [2.45, 2.75) is 32.7 Å². The molecule has 0 spiro atoms. The minimum Gasteiger partial charge on any atom is -0.496 e. The Morgan fingerprint density at radius 3 is 2.65 bits per heavy atom. The highest BCUT2D eigenvalue weighted by Crippen LogP contribution is 2.19. The van der Waals surface area contributed by atoms with Crippen LogP contribution in [-0.2, 0) is 11.2 Å². The minimum atomic E-state index is -0.384. The third kappa shape index (κ3) is 3.56. The van der Waals surface area contributed by atoms with E-state index in [1.165, 1.54) is 0 Å². The number of ketones is 1. The van der Waals surface area contributed by atoms with E-state index in [0.29, 0.717) is 6.42 Å². The number of benzene rings is 1. The molecule has 2 unspecified atom stereocenters. The molecule has 1 rings (SSSR count). The molecule has 1 aromatic rings. The zero-order valence-electron chi connectivity index (χ0n) is 10.8. The molecule has 17 heavy (non-hydrogen) atoms. The smallest absolute Gasteiger partial charge is 0.154 e. The number of hydrogen-bond donors (Lipinski definition) is 1. The van der Waals surface area contributed by atoms with Crippen molar-refractivity contribution in [1.82, 2.24) is 0 Å². The summed E-state index contributed by atoms with van der Waals surface area (Å²) in [5.74, 6) is 1.04. The molecule has 0 aliphatic heterocycles. The molecule has 0 aliphatic carbocycles. The van der Waals surface area contributed by atoms with Crippen molar-refractivity contribution in [3.63, 3.8) is 0 Å². The number of nitrogens with two attached hydrogens (primary N) is 1. The van der Waals surface area contributed by atoms with E-state index in [1.807, 2.05) is 38.1 Å². The summed E-state index contributed by atoms with van der Waals surface area (Å²) in [5.41, 5.74) is 6.82. The molecular weight excluding hydrogens is 214 g/mol. The second-order valence-electron chi connectivity index (χ2n) is 4.37. The van der Waals surface area contributed by atoms with Crippen LogP contribution in [0.1, 0.15) is 25.8 Å². The van der Waals surface area contributed by atoms with E-state index in [1.54, 1.807) is 7.11 Å². The Balaban J connectivity index is 2.74. The van der Waals surface area contributed by atoms with Crippen molar-refractivity contribution in [2.24, 2.45) is 11.7 Å². The van der Waals surface area contributed by atoms with Gasteiger partial charge in [-0.2, -0.15) is 0 Å². The molecule has 0 saturated carbocycles. The summed E-state index contributed by atoms with van der Waals surface area (Å²) in [4.78, 5) is 12.0. The molecule has 2 atom stereocenters. The van der Waals surface area contributed by atoms with E-state index < -0.39 is 0 Å². The Bertz CT molecular complexity index is 376. The Labute approximate surface area is 103 Å². The fourth-order valence-corrected chi connectivity index (χ4v) is 1.73. The molecule has 0 fully saturated rings. The van der Waals surface area contributed by atoms with Gasteiger partial charge in [-0.25, -0.2) is 0 Å². The highest BCUT2D eigenvalue weighted by atomic mass is 16.5. The van der Waals surface area contributed by atoms with Crippen LogP contribution in [0.2, 0.25) is 0 Å². The Morgan fingerprint density at radius 1 is 1.41 bits per heavy atom. The third-order valence-electron chi connectivity index (χ3n) is 3.19.